The Morgan fingerprint density at radius 1 is 1.35 bits per heavy atom. The van der Waals surface area contributed by atoms with Crippen LogP contribution in [-0.2, 0) is 0 Å². The zero-order valence-electron chi connectivity index (χ0n) is 11.8. The van der Waals surface area contributed by atoms with Crippen LogP contribution in [-0.4, -0.2) is 42.4 Å². The number of rotatable bonds is 7. The van der Waals surface area contributed by atoms with Crippen LogP contribution in [0.2, 0.25) is 0 Å². The van der Waals surface area contributed by atoms with Gasteiger partial charge in [-0.05, 0) is 26.1 Å². The van der Waals surface area contributed by atoms with Gasteiger partial charge in [0, 0.05) is 12.6 Å². The first-order valence-electron chi connectivity index (χ1n) is 6.45. The lowest BCUT2D eigenvalue weighted by Crippen LogP contribution is -2.38. The topological polar surface area (TPSA) is 80.3 Å². The zero-order chi connectivity index (χ0) is 15.0. The van der Waals surface area contributed by atoms with E-state index >= 15 is 0 Å². The van der Waals surface area contributed by atoms with Crippen LogP contribution >= 0.6 is 0 Å². The molecule has 1 aromatic carbocycles. The van der Waals surface area contributed by atoms with E-state index in [1.165, 1.54) is 0 Å². The maximum absolute atomic E-state index is 9.93. The van der Waals surface area contributed by atoms with Crippen molar-refractivity contribution in [3.63, 3.8) is 0 Å². The molecule has 0 saturated carbocycles. The largest absolute Gasteiger partial charge is 0.489 e. The number of para-hydroxylation sites is 1. The summed E-state index contributed by atoms with van der Waals surface area (Å²) >= 11 is 0. The molecule has 0 aromatic heterocycles. The van der Waals surface area contributed by atoms with Crippen molar-refractivity contribution >= 4 is 0 Å². The highest BCUT2D eigenvalue weighted by Gasteiger charge is 2.14. The summed E-state index contributed by atoms with van der Waals surface area (Å²) in [7, 11) is 1.86. The normalized spacial score (nSPS) is 13.3. The average Bonchev–Trinajstić information content (AvgIpc) is 2.45. The molecule has 5 heteroatoms. The number of aliphatic hydroxyl groups excluding tert-OH is 1. The highest BCUT2D eigenvalue weighted by Crippen LogP contribution is 2.16. The fraction of sp³-hybridized carbons (Fsp3) is 0.467. The van der Waals surface area contributed by atoms with Crippen LogP contribution < -0.4 is 4.74 Å². The Morgan fingerprint density at radius 3 is 2.70 bits per heavy atom. The molecule has 0 aliphatic heterocycles. The lowest BCUT2D eigenvalue weighted by atomic mass is 10.2. The molecular formula is C15H19N3O2. The molecule has 106 valence electrons. The van der Waals surface area contributed by atoms with Crippen molar-refractivity contribution in [3.8, 4) is 17.9 Å². The molecule has 2 unspecified atom stereocenters. The summed E-state index contributed by atoms with van der Waals surface area (Å²) in [6.45, 7) is 2.46. The Balaban J connectivity index is 2.46. The predicted octanol–water partition coefficient (Wildman–Crippen LogP) is 1.53. The minimum Gasteiger partial charge on any atom is -0.489 e. The van der Waals surface area contributed by atoms with Crippen LogP contribution in [0.1, 0.15) is 18.9 Å². The number of benzene rings is 1. The van der Waals surface area contributed by atoms with Crippen LogP contribution in [0.15, 0.2) is 24.3 Å². The van der Waals surface area contributed by atoms with Gasteiger partial charge in [0.1, 0.15) is 24.5 Å². The van der Waals surface area contributed by atoms with Gasteiger partial charge >= 0.3 is 0 Å². The molecule has 1 aromatic rings. The molecule has 0 spiro atoms. The molecular weight excluding hydrogens is 254 g/mol. The van der Waals surface area contributed by atoms with E-state index in [-0.39, 0.29) is 12.6 Å². The third-order valence-corrected chi connectivity index (χ3v) is 3.08. The lowest BCUT2D eigenvalue weighted by Gasteiger charge is -2.25. The standard InChI is InChI=1S/C15H19N3O2/c1-12(7-8-16)18(2)10-14(19)11-20-15-6-4-3-5-13(15)9-17/h3-6,12,14,19H,7,10-11H2,1-2H3. The van der Waals surface area contributed by atoms with Gasteiger partial charge in [-0.15, -0.1) is 0 Å². The second-order valence-corrected chi connectivity index (χ2v) is 4.72. The molecule has 0 bridgehead atoms. The molecule has 20 heavy (non-hydrogen) atoms. The van der Waals surface area contributed by atoms with Gasteiger partial charge < -0.3 is 9.84 Å². The van der Waals surface area contributed by atoms with E-state index in [2.05, 4.69) is 6.07 Å². The Hall–Kier alpha value is -2.08. The summed E-state index contributed by atoms with van der Waals surface area (Å²) in [6.07, 6.45) is -0.255. The van der Waals surface area contributed by atoms with E-state index in [0.29, 0.717) is 24.3 Å². The van der Waals surface area contributed by atoms with Crippen LogP contribution in [0, 0.1) is 22.7 Å². The van der Waals surface area contributed by atoms with Gasteiger partial charge in [-0.3, -0.25) is 4.90 Å². The smallest absolute Gasteiger partial charge is 0.137 e. The Kier molecular flexibility index (Phi) is 6.52. The number of ether oxygens (including phenoxy) is 1. The summed E-state index contributed by atoms with van der Waals surface area (Å²) in [5, 5.41) is 27.5. The highest BCUT2D eigenvalue weighted by molar-refractivity contribution is 5.42. The highest BCUT2D eigenvalue weighted by atomic mass is 16.5. The van der Waals surface area contributed by atoms with Crippen molar-refractivity contribution in [1.82, 2.24) is 4.90 Å². The van der Waals surface area contributed by atoms with Gasteiger partial charge in [0.25, 0.3) is 0 Å². The van der Waals surface area contributed by atoms with Gasteiger partial charge in [-0.25, -0.2) is 0 Å². The van der Waals surface area contributed by atoms with Crippen molar-refractivity contribution in [2.45, 2.75) is 25.5 Å². The first kappa shape index (κ1) is 16.0. The molecule has 5 nitrogen and oxygen atoms in total. The predicted molar refractivity (Wildman–Crippen MR) is 75.0 cm³/mol. The Bertz CT molecular complexity index is 505. The minimum atomic E-state index is -0.673. The van der Waals surface area contributed by atoms with Gasteiger partial charge in [0.15, 0.2) is 0 Å². The second-order valence-electron chi connectivity index (χ2n) is 4.72. The molecule has 0 radical (unpaired) electrons. The number of likely N-dealkylation sites (N-methyl/N-ethyl adjacent to an activating group) is 1. The summed E-state index contributed by atoms with van der Waals surface area (Å²) in [6, 6.07) is 11.1. The maximum atomic E-state index is 9.93. The molecule has 0 amide bonds. The van der Waals surface area contributed by atoms with Gasteiger partial charge in [0.05, 0.1) is 18.1 Å². The van der Waals surface area contributed by atoms with E-state index in [1.807, 2.05) is 24.9 Å². The van der Waals surface area contributed by atoms with E-state index in [0.717, 1.165) is 0 Å². The molecule has 0 aliphatic carbocycles. The number of aliphatic hydroxyl groups is 1. The summed E-state index contributed by atoms with van der Waals surface area (Å²) in [5.74, 6) is 0.474. The average molecular weight is 273 g/mol. The first-order chi connectivity index (χ1) is 9.58. The summed E-state index contributed by atoms with van der Waals surface area (Å²) < 4.78 is 5.47. The van der Waals surface area contributed by atoms with Crippen molar-refractivity contribution in [2.24, 2.45) is 0 Å². The fourth-order valence-corrected chi connectivity index (χ4v) is 1.72. The number of nitrogens with zero attached hydrogens (tertiary/aromatic N) is 3. The van der Waals surface area contributed by atoms with Gasteiger partial charge in [-0.1, -0.05) is 12.1 Å². The van der Waals surface area contributed by atoms with Crippen LogP contribution in [0.25, 0.3) is 0 Å². The maximum Gasteiger partial charge on any atom is 0.137 e. The molecule has 2 atom stereocenters. The van der Waals surface area contributed by atoms with Gasteiger partial charge in [-0.2, -0.15) is 10.5 Å². The fourth-order valence-electron chi connectivity index (χ4n) is 1.72. The monoisotopic (exact) mass is 273 g/mol. The number of hydrogen-bond acceptors (Lipinski definition) is 5. The molecule has 1 N–H and O–H groups in total. The van der Waals surface area contributed by atoms with Crippen molar-refractivity contribution in [1.29, 1.82) is 10.5 Å². The zero-order valence-corrected chi connectivity index (χ0v) is 11.8. The van der Waals surface area contributed by atoms with Crippen molar-refractivity contribution in [3.05, 3.63) is 29.8 Å². The number of hydrogen-bond donors (Lipinski definition) is 1. The third-order valence-electron chi connectivity index (χ3n) is 3.08. The molecule has 0 fully saturated rings. The van der Waals surface area contributed by atoms with Crippen LogP contribution in [0.5, 0.6) is 5.75 Å². The quantitative estimate of drug-likeness (QED) is 0.815. The first-order valence-corrected chi connectivity index (χ1v) is 6.45. The van der Waals surface area contributed by atoms with Crippen molar-refractivity contribution < 1.29 is 9.84 Å². The Labute approximate surface area is 119 Å². The molecule has 0 heterocycles. The van der Waals surface area contributed by atoms with Crippen LogP contribution in [0.3, 0.4) is 0 Å². The van der Waals surface area contributed by atoms with E-state index < -0.39 is 6.10 Å². The van der Waals surface area contributed by atoms with E-state index in [1.54, 1.807) is 24.3 Å². The Morgan fingerprint density at radius 2 is 2.05 bits per heavy atom. The van der Waals surface area contributed by atoms with E-state index in [4.69, 9.17) is 15.3 Å². The SMILES string of the molecule is CC(CC#N)N(C)CC(O)COc1ccccc1C#N. The number of nitriles is 2. The lowest BCUT2D eigenvalue weighted by molar-refractivity contribution is 0.0659. The molecule has 1 rings (SSSR count). The van der Waals surface area contributed by atoms with Gasteiger partial charge in [0.2, 0.25) is 0 Å². The van der Waals surface area contributed by atoms with Crippen molar-refractivity contribution in [2.75, 3.05) is 20.2 Å². The molecule has 0 saturated heterocycles. The van der Waals surface area contributed by atoms with E-state index in [9.17, 15) is 5.11 Å². The third kappa shape index (κ3) is 4.89. The van der Waals surface area contributed by atoms with Crippen LogP contribution in [0.4, 0.5) is 0 Å². The molecule has 0 aliphatic rings. The summed E-state index contributed by atoms with van der Waals surface area (Å²) in [4.78, 5) is 1.91. The minimum absolute atomic E-state index is 0.0843. The second kappa shape index (κ2) is 8.16. The summed E-state index contributed by atoms with van der Waals surface area (Å²) in [5.41, 5.74) is 0.450.